The molecule has 2 N–H and O–H groups in total. The number of nitrogens with zero attached hydrogens (tertiary/aromatic N) is 4. The standard InChI is InChI=1S/C28H31N5O2/c1-17-10-20(13-29)32(14-17)27(34)24(30)16-31-15-21-12-25(31)28(35)33(21)26-22-8-4-2-6-18(22)11-19-7-3-5-9-23(19)26/h2-9,17,20-21,24-26H,10-12,14-16,30H2,1H3/t17?,20?,21-,24?,25?/m0/s1. The number of rotatable bonds is 4. The zero-order valence-corrected chi connectivity index (χ0v) is 20.0. The number of carbonyl (C=O) groups excluding carboxylic acids is 2. The van der Waals surface area contributed by atoms with Gasteiger partial charge in [0.05, 0.1) is 24.2 Å². The van der Waals surface area contributed by atoms with Crippen molar-refractivity contribution in [1.29, 1.82) is 5.26 Å². The van der Waals surface area contributed by atoms with Crippen molar-refractivity contribution in [1.82, 2.24) is 14.7 Å². The zero-order chi connectivity index (χ0) is 24.3. The molecule has 2 aromatic rings. The fraction of sp³-hybridized carbons (Fsp3) is 0.464. The van der Waals surface area contributed by atoms with Crippen molar-refractivity contribution in [2.24, 2.45) is 11.7 Å². The van der Waals surface area contributed by atoms with Crippen molar-refractivity contribution in [2.75, 3.05) is 19.6 Å². The lowest BCUT2D eigenvalue weighted by Gasteiger charge is -2.42. The van der Waals surface area contributed by atoms with E-state index in [1.54, 1.807) is 4.90 Å². The molecule has 0 saturated carbocycles. The Morgan fingerprint density at radius 2 is 1.74 bits per heavy atom. The molecule has 4 aliphatic rings. The van der Waals surface area contributed by atoms with E-state index in [9.17, 15) is 14.9 Å². The molecule has 0 spiro atoms. The summed E-state index contributed by atoms with van der Waals surface area (Å²) in [5.41, 5.74) is 11.4. The van der Waals surface area contributed by atoms with Crippen LogP contribution in [0, 0.1) is 17.2 Å². The van der Waals surface area contributed by atoms with Crippen LogP contribution in [0.2, 0.25) is 0 Å². The molecule has 0 aromatic heterocycles. The lowest BCUT2D eigenvalue weighted by Crippen LogP contribution is -2.57. The molecular weight excluding hydrogens is 438 g/mol. The van der Waals surface area contributed by atoms with Gasteiger partial charge in [0.2, 0.25) is 11.8 Å². The monoisotopic (exact) mass is 469 g/mol. The van der Waals surface area contributed by atoms with Gasteiger partial charge in [-0.25, -0.2) is 0 Å². The summed E-state index contributed by atoms with van der Waals surface area (Å²) < 4.78 is 0. The van der Waals surface area contributed by atoms with E-state index in [0.29, 0.717) is 25.4 Å². The van der Waals surface area contributed by atoms with E-state index in [0.717, 1.165) is 19.4 Å². The second kappa shape index (κ2) is 8.47. The van der Waals surface area contributed by atoms with E-state index < -0.39 is 12.1 Å². The number of nitrogens with two attached hydrogens (primary N) is 1. The summed E-state index contributed by atoms with van der Waals surface area (Å²) in [6, 6.07) is 17.8. The molecule has 3 saturated heterocycles. The summed E-state index contributed by atoms with van der Waals surface area (Å²) in [6.45, 7) is 3.69. The van der Waals surface area contributed by atoms with Crippen LogP contribution >= 0.6 is 0 Å². The summed E-state index contributed by atoms with van der Waals surface area (Å²) in [4.78, 5) is 32.6. The highest BCUT2D eigenvalue weighted by Crippen LogP contribution is 2.45. The van der Waals surface area contributed by atoms with Crippen molar-refractivity contribution in [3.63, 3.8) is 0 Å². The lowest BCUT2D eigenvalue weighted by atomic mass is 9.81. The van der Waals surface area contributed by atoms with Crippen LogP contribution in [-0.4, -0.2) is 70.3 Å². The molecule has 180 valence electrons. The number of hydrogen-bond acceptors (Lipinski definition) is 5. The maximum Gasteiger partial charge on any atom is 0.241 e. The van der Waals surface area contributed by atoms with E-state index in [1.807, 2.05) is 0 Å². The predicted octanol–water partition coefficient (Wildman–Crippen LogP) is 2.05. The van der Waals surface area contributed by atoms with Crippen LogP contribution < -0.4 is 5.73 Å². The second-order valence-electron chi connectivity index (χ2n) is 10.7. The molecule has 5 atom stereocenters. The number of likely N-dealkylation sites (tertiary alicyclic amines) is 3. The number of benzene rings is 2. The summed E-state index contributed by atoms with van der Waals surface area (Å²) >= 11 is 0. The second-order valence-corrected chi connectivity index (χ2v) is 10.7. The summed E-state index contributed by atoms with van der Waals surface area (Å²) in [6.07, 6.45) is 2.35. The highest BCUT2D eigenvalue weighted by atomic mass is 16.2. The number of nitriles is 1. The van der Waals surface area contributed by atoms with E-state index in [4.69, 9.17) is 5.73 Å². The smallest absolute Gasteiger partial charge is 0.241 e. The molecular formula is C28H31N5O2. The molecule has 3 fully saturated rings. The molecule has 7 heteroatoms. The Balaban J connectivity index is 1.21. The average molecular weight is 470 g/mol. The van der Waals surface area contributed by atoms with Gasteiger partial charge >= 0.3 is 0 Å². The van der Waals surface area contributed by atoms with Gasteiger partial charge in [-0.15, -0.1) is 0 Å². The Kier molecular flexibility index (Phi) is 5.39. The van der Waals surface area contributed by atoms with Crippen LogP contribution in [-0.2, 0) is 16.0 Å². The van der Waals surface area contributed by atoms with Gasteiger partial charge in [0, 0.05) is 25.7 Å². The van der Waals surface area contributed by atoms with Crippen molar-refractivity contribution >= 4 is 11.8 Å². The Morgan fingerprint density at radius 3 is 2.37 bits per heavy atom. The number of fused-ring (bicyclic) bond motifs is 4. The van der Waals surface area contributed by atoms with Crippen LogP contribution in [0.4, 0.5) is 0 Å². The first kappa shape index (κ1) is 22.3. The molecule has 0 radical (unpaired) electrons. The summed E-state index contributed by atoms with van der Waals surface area (Å²) in [5, 5.41) is 9.44. The van der Waals surface area contributed by atoms with Gasteiger partial charge in [-0.05, 0) is 47.4 Å². The number of carbonyl (C=O) groups is 2. The summed E-state index contributed by atoms with van der Waals surface area (Å²) in [5.74, 6) is 0.250. The maximum absolute atomic E-state index is 13.8. The molecule has 1 aliphatic carbocycles. The molecule has 7 nitrogen and oxygen atoms in total. The van der Waals surface area contributed by atoms with Crippen LogP contribution in [0.15, 0.2) is 48.5 Å². The largest absolute Gasteiger partial charge is 0.326 e. The number of hydrogen-bond donors (Lipinski definition) is 1. The minimum Gasteiger partial charge on any atom is -0.326 e. The van der Waals surface area contributed by atoms with Gasteiger partial charge in [0.25, 0.3) is 0 Å². The Morgan fingerprint density at radius 1 is 1.09 bits per heavy atom. The Bertz CT molecular complexity index is 1180. The van der Waals surface area contributed by atoms with E-state index >= 15 is 0 Å². The molecule has 6 rings (SSSR count). The zero-order valence-electron chi connectivity index (χ0n) is 20.0. The highest BCUT2D eigenvalue weighted by molar-refractivity contribution is 5.87. The lowest BCUT2D eigenvalue weighted by molar-refractivity contribution is -0.140. The molecule has 3 aliphatic heterocycles. The van der Waals surface area contributed by atoms with E-state index in [2.05, 4.69) is 71.3 Å². The van der Waals surface area contributed by atoms with Crippen LogP contribution in [0.25, 0.3) is 0 Å². The van der Waals surface area contributed by atoms with Gasteiger partial charge in [-0.2, -0.15) is 5.26 Å². The van der Waals surface area contributed by atoms with E-state index in [-0.39, 0.29) is 29.9 Å². The van der Waals surface area contributed by atoms with Crippen LogP contribution in [0.3, 0.4) is 0 Å². The van der Waals surface area contributed by atoms with Gasteiger partial charge in [-0.3, -0.25) is 14.5 Å². The average Bonchev–Trinajstić information content (AvgIpc) is 3.54. The third-order valence-electron chi connectivity index (χ3n) is 8.36. The van der Waals surface area contributed by atoms with Crippen molar-refractivity contribution in [2.45, 2.75) is 56.4 Å². The third kappa shape index (κ3) is 3.55. The molecule has 35 heavy (non-hydrogen) atoms. The maximum atomic E-state index is 13.8. The van der Waals surface area contributed by atoms with Crippen molar-refractivity contribution in [3.8, 4) is 6.07 Å². The quantitative estimate of drug-likeness (QED) is 0.740. The minimum absolute atomic E-state index is 0.0708. The SMILES string of the molecule is CC1CC(C#N)N(C(=O)C(N)CN2C[C@@H]3CC2C(=O)N3C2c3ccccc3Cc3ccccc32)C1. The normalized spacial score (nSPS) is 28.7. The topological polar surface area (TPSA) is 93.7 Å². The minimum atomic E-state index is -0.729. The summed E-state index contributed by atoms with van der Waals surface area (Å²) in [7, 11) is 0. The van der Waals surface area contributed by atoms with Crippen molar-refractivity contribution in [3.05, 3.63) is 70.8 Å². The molecule has 3 heterocycles. The van der Waals surface area contributed by atoms with Gasteiger partial charge in [-0.1, -0.05) is 55.5 Å². The van der Waals surface area contributed by atoms with Crippen molar-refractivity contribution < 1.29 is 9.59 Å². The Labute approximate surface area is 206 Å². The first-order chi connectivity index (χ1) is 17.0. The fourth-order valence-electron chi connectivity index (χ4n) is 6.78. The Hall–Kier alpha value is -3.21. The van der Waals surface area contributed by atoms with Gasteiger partial charge in [0.1, 0.15) is 6.04 Å². The highest BCUT2D eigenvalue weighted by Gasteiger charge is 2.53. The fourth-order valence-corrected chi connectivity index (χ4v) is 6.78. The molecule has 2 amide bonds. The van der Waals surface area contributed by atoms with Gasteiger partial charge < -0.3 is 15.5 Å². The van der Waals surface area contributed by atoms with Crippen LogP contribution in [0.5, 0.6) is 0 Å². The number of amides is 2. The van der Waals surface area contributed by atoms with E-state index in [1.165, 1.54) is 22.3 Å². The first-order valence-electron chi connectivity index (χ1n) is 12.6. The first-order valence-corrected chi connectivity index (χ1v) is 12.6. The molecule has 4 unspecified atom stereocenters. The number of piperazine rings is 1. The third-order valence-corrected chi connectivity index (χ3v) is 8.36. The molecule has 2 bridgehead atoms. The van der Waals surface area contributed by atoms with Crippen LogP contribution in [0.1, 0.15) is 48.1 Å². The van der Waals surface area contributed by atoms with Gasteiger partial charge in [0.15, 0.2) is 0 Å². The molecule has 2 aromatic carbocycles. The predicted molar refractivity (Wildman–Crippen MR) is 131 cm³/mol.